The second kappa shape index (κ2) is 11.1. The van der Waals surface area contributed by atoms with E-state index in [9.17, 15) is 14.4 Å². The lowest BCUT2D eigenvalue weighted by atomic mass is 9.94. The molecular formula is C28H42N4O6. The molecule has 3 aliphatic rings. The molecule has 1 aromatic carbocycles. The highest BCUT2D eigenvalue weighted by Gasteiger charge is 2.43. The largest absolute Gasteiger partial charge is 0.476 e. The Kier molecular flexibility index (Phi) is 8.23. The number of benzene rings is 1. The Balaban J connectivity index is 1.54. The Hall–Kier alpha value is -2.85. The number of amides is 3. The number of hydrogen-bond donors (Lipinski definition) is 2. The number of nitrogens with one attached hydrogen (secondary N) is 2. The van der Waals surface area contributed by atoms with E-state index in [4.69, 9.17) is 14.2 Å². The summed E-state index contributed by atoms with van der Waals surface area (Å²) in [4.78, 5) is 43.1. The molecule has 10 heteroatoms. The van der Waals surface area contributed by atoms with Crippen LogP contribution in [-0.2, 0) is 19.1 Å². The van der Waals surface area contributed by atoms with Crippen LogP contribution in [0.3, 0.4) is 0 Å². The third kappa shape index (κ3) is 6.58. The van der Waals surface area contributed by atoms with Gasteiger partial charge in [0, 0.05) is 51.1 Å². The van der Waals surface area contributed by atoms with Crippen molar-refractivity contribution >= 4 is 29.3 Å². The van der Waals surface area contributed by atoms with Crippen molar-refractivity contribution < 1.29 is 28.6 Å². The Bertz CT molecular complexity index is 1050. The van der Waals surface area contributed by atoms with Crippen LogP contribution in [0.5, 0.6) is 5.75 Å². The fraction of sp³-hybridized carbons (Fsp3) is 0.679. The van der Waals surface area contributed by atoms with E-state index in [0.717, 1.165) is 18.5 Å². The first kappa shape index (κ1) is 28.2. The topological polar surface area (TPSA) is 109 Å². The third-order valence-corrected chi connectivity index (χ3v) is 6.94. The average molecular weight is 531 g/mol. The first-order valence-corrected chi connectivity index (χ1v) is 13.6. The molecule has 38 heavy (non-hydrogen) atoms. The summed E-state index contributed by atoms with van der Waals surface area (Å²) in [7, 11) is 1.64. The van der Waals surface area contributed by atoms with E-state index in [1.165, 1.54) is 0 Å². The van der Waals surface area contributed by atoms with Gasteiger partial charge in [-0.1, -0.05) is 0 Å². The van der Waals surface area contributed by atoms with Gasteiger partial charge in [0.1, 0.15) is 11.4 Å². The lowest BCUT2D eigenvalue weighted by Crippen LogP contribution is -2.54. The fourth-order valence-electron chi connectivity index (χ4n) is 5.06. The minimum Gasteiger partial charge on any atom is -0.476 e. The zero-order valence-electron chi connectivity index (χ0n) is 23.5. The van der Waals surface area contributed by atoms with Crippen LogP contribution in [0.15, 0.2) is 18.2 Å². The van der Waals surface area contributed by atoms with Crippen molar-refractivity contribution in [2.75, 3.05) is 43.2 Å². The highest BCUT2D eigenvalue weighted by molar-refractivity contribution is 6.04. The van der Waals surface area contributed by atoms with E-state index in [2.05, 4.69) is 10.6 Å². The molecule has 10 nitrogen and oxygen atoms in total. The van der Waals surface area contributed by atoms with Gasteiger partial charge >= 0.3 is 6.09 Å². The van der Waals surface area contributed by atoms with E-state index < -0.39 is 17.3 Å². The zero-order chi connectivity index (χ0) is 27.7. The standard InChI is InChI=1S/C28H42N4O6/c1-27(2,3)38-26(35)30-19-14-18(16-29-17-19)24(33)32(20-8-9-20)21-10-11-23-22(15-21)31(12-7-13-36-6)25(34)28(4,5)37-23/h10-11,15,18-20,29H,7-9,12-14,16-17H2,1-6H3,(H,30,35)/t18-,19+/m1/s1. The molecule has 1 aliphatic carbocycles. The second-order valence-electron chi connectivity index (χ2n) is 11.9. The Morgan fingerprint density at radius 3 is 2.63 bits per heavy atom. The second-order valence-corrected chi connectivity index (χ2v) is 11.9. The van der Waals surface area contributed by atoms with E-state index in [1.807, 2.05) is 43.9 Å². The number of nitrogens with zero attached hydrogens (tertiary/aromatic N) is 2. The van der Waals surface area contributed by atoms with Gasteiger partial charge in [0.25, 0.3) is 5.91 Å². The zero-order valence-corrected chi connectivity index (χ0v) is 23.5. The lowest BCUT2D eigenvalue weighted by molar-refractivity contribution is -0.132. The number of methoxy groups -OCH3 is 1. The molecule has 2 aliphatic heterocycles. The van der Waals surface area contributed by atoms with Crippen LogP contribution >= 0.6 is 0 Å². The number of hydrogen-bond acceptors (Lipinski definition) is 7. The Labute approximate surface area is 225 Å². The molecule has 2 heterocycles. The molecule has 1 saturated heterocycles. The highest BCUT2D eigenvalue weighted by atomic mass is 16.6. The summed E-state index contributed by atoms with van der Waals surface area (Å²) in [6.07, 6.45) is 2.60. The molecule has 3 amide bonds. The summed E-state index contributed by atoms with van der Waals surface area (Å²) in [6, 6.07) is 5.58. The highest BCUT2D eigenvalue weighted by Crippen LogP contribution is 2.42. The van der Waals surface area contributed by atoms with Crippen LogP contribution < -0.4 is 25.2 Å². The first-order valence-electron chi connectivity index (χ1n) is 13.6. The molecule has 0 radical (unpaired) electrons. The maximum absolute atomic E-state index is 13.9. The van der Waals surface area contributed by atoms with Crippen molar-refractivity contribution in [1.82, 2.24) is 10.6 Å². The molecule has 2 fully saturated rings. The molecule has 2 N–H and O–H groups in total. The van der Waals surface area contributed by atoms with Crippen molar-refractivity contribution in [3.63, 3.8) is 0 Å². The molecule has 0 spiro atoms. The van der Waals surface area contributed by atoms with Crippen molar-refractivity contribution in [2.24, 2.45) is 5.92 Å². The van der Waals surface area contributed by atoms with Crippen molar-refractivity contribution in [1.29, 1.82) is 0 Å². The number of fused-ring (bicyclic) bond motifs is 1. The number of alkyl carbamates (subject to hydrolysis) is 1. The summed E-state index contributed by atoms with van der Waals surface area (Å²) < 4.78 is 16.7. The number of carbonyl (C=O) groups is 3. The van der Waals surface area contributed by atoms with Crippen LogP contribution in [0.25, 0.3) is 0 Å². The van der Waals surface area contributed by atoms with E-state index in [0.29, 0.717) is 50.5 Å². The van der Waals surface area contributed by atoms with Gasteiger partial charge in [0.2, 0.25) is 5.91 Å². The van der Waals surface area contributed by atoms with Gasteiger partial charge in [-0.2, -0.15) is 0 Å². The smallest absolute Gasteiger partial charge is 0.407 e. The number of rotatable bonds is 8. The van der Waals surface area contributed by atoms with Crippen molar-refractivity contribution in [3.8, 4) is 5.75 Å². The number of anilines is 2. The molecule has 1 aromatic rings. The van der Waals surface area contributed by atoms with Gasteiger partial charge in [-0.3, -0.25) is 9.59 Å². The molecule has 1 saturated carbocycles. The molecule has 4 rings (SSSR count). The van der Waals surface area contributed by atoms with E-state index in [-0.39, 0.29) is 29.8 Å². The van der Waals surface area contributed by atoms with Crippen LogP contribution in [0.1, 0.15) is 60.3 Å². The van der Waals surface area contributed by atoms with Gasteiger partial charge in [-0.15, -0.1) is 0 Å². The van der Waals surface area contributed by atoms with E-state index in [1.54, 1.807) is 25.9 Å². The number of ether oxygens (including phenoxy) is 3. The molecule has 2 atom stereocenters. The predicted octanol–water partition coefficient (Wildman–Crippen LogP) is 3.23. The quantitative estimate of drug-likeness (QED) is 0.497. The molecule has 210 valence electrons. The maximum Gasteiger partial charge on any atom is 0.407 e. The van der Waals surface area contributed by atoms with Gasteiger partial charge < -0.3 is 34.6 Å². The van der Waals surface area contributed by atoms with Crippen LogP contribution in [0.4, 0.5) is 16.2 Å². The first-order chi connectivity index (χ1) is 17.9. The predicted molar refractivity (Wildman–Crippen MR) is 145 cm³/mol. The summed E-state index contributed by atoms with van der Waals surface area (Å²) >= 11 is 0. The lowest BCUT2D eigenvalue weighted by Gasteiger charge is -2.40. The summed E-state index contributed by atoms with van der Waals surface area (Å²) in [5.41, 5.74) is -0.134. The maximum atomic E-state index is 13.9. The van der Waals surface area contributed by atoms with Gasteiger partial charge in [-0.05, 0) is 78.5 Å². The molecular weight excluding hydrogens is 488 g/mol. The molecule has 0 unspecified atom stereocenters. The number of carbonyl (C=O) groups excluding carboxylic acids is 3. The van der Waals surface area contributed by atoms with Crippen molar-refractivity contribution in [3.05, 3.63) is 18.2 Å². The molecule has 0 bridgehead atoms. The summed E-state index contributed by atoms with van der Waals surface area (Å²) in [5.74, 6) is 0.231. The summed E-state index contributed by atoms with van der Waals surface area (Å²) in [5, 5.41) is 6.20. The average Bonchev–Trinajstić information content (AvgIpc) is 3.66. The van der Waals surface area contributed by atoms with Crippen LogP contribution in [0.2, 0.25) is 0 Å². The van der Waals surface area contributed by atoms with E-state index >= 15 is 0 Å². The van der Waals surface area contributed by atoms with Gasteiger partial charge in [0.05, 0.1) is 11.6 Å². The summed E-state index contributed by atoms with van der Waals surface area (Å²) in [6.45, 7) is 11.2. The normalized spacial score (nSPS) is 22.8. The molecule has 0 aromatic heterocycles. The number of piperidine rings is 1. The van der Waals surface area contributed by atoms with Crippen molar-refractivity contribution in [2.45, 2.75) is 83.6 Å². The van der Waals surface area contributed by atoms with Crippen LogP contribution in [-0.4, -0.2) is 74.5 Å². The minimum atomic E-state index is -0.975. The Morgan fingerprint density at radius 1 is 1.24 bits per heavy atom. The minimum absolute atomic E-state index is 0.0185. The fourth-order valence-corrected chi connectivity index (χ4v) is 5.06. The third-order valence-electron chi connectivity index (χ3n) is 6.94. The monoisotopic (exact) mass is 530 g/mol. The van der Waals surface area contributed by atoms with Crippen LogP contribution in [0, 0.1) is 5.92 Å². The SMILES string of the molecule is COCCCN1C(=O)C(C)(C)Oc2ccc(N(C(=O)[C@H]3CNC[C@@H](NC(=O)OC(C)(C)C)C3)C3CC3)cc21. The van der Waals surface area contributed by atoms with Gasteiger partial charge in [-0.25, -0.2) is 4.79 Å². The van der Waals surface area contributed by atoms with Gasteiger partial charge in [0.15, 0.2) is 5.60 Å². The Morgan fingerprint density at radius 2 is 1.97 bits per heavy atom.